The third kappa shape index (κ3) is 2.98. The molecule has 104 valence electrons. The van der Waals surface area contributed by atoms with Gasteiger partial charge in [0.1, 0.15) is 0 Å². The van der Waals surface area contributed by atoms with E-state index in [9.17, 15) is 4.79 Å². The number of hydrogen-bond donors (Lipinski definition) is 2. The first kappa shape index (κ1) is 14.1. The first-order chi connectivity index (χ1) is 9.00. The van der Waals surface area contributed by atoms with Crippen molar-refractivity contribution in [2.45, 2.75) is 39.7 Å². The van der Waals surface area contributed by atoms with Gasteiger partial charge in [-0.25, -0.2) is 0 Å². The number of hydrogen-bond acceptors (Lipinski definition) is 2. The first-order valence-electron chi connectivity index (χ1n) is 7.17. The molecule has 1 aliphatic heterocycles. The molecule has 0 fully saturated rings. The van der Waals surface area contributed by atoms with Gasteiger partial charge in [-0.2, -0.15) is 0 Å². The van der Waals surface area contributed by atoms with Crippen molar-refractivity contribution in [2.24, 2.45) is 17.6 Å². The van der Waals surface area contributed by atoms with E-state index in [4.69, 9.17) is 5.73 Å². The van der Waals surface area contributed by atoms with Gasteiger partial charge in [-0.3, -0.25) is 4.79 Å². The van der Waals surface area contributed by atoms with Crippen LogP contribution in [-0.4, -0.2) is 12.5 Å². The lowest BCUT2D eigenvalue weighted by atomic mass is 9.85. The number of nitrogens with one attached hydrogen (secondary N) is 1. The van der Waals surface area contributed by atoms with Crippen molar-refractivity contribution < 1.29 is 4.79 Å². The Morgan fingerprint density at radius 1 is 1.26 bits per heavy atom. The molecule has 2 rings (SSSR count). The first-order valence-corrected chi connectivity index (χ1v) is 7.17. The molecule has 3 nitrogen and oxygen atoms in total. The predicted molar refractivity (Wildman–Crippen MR) is 78.0 cm³/mol. The van der Waals surface area contributed by atoms with Gasteiger partial charge in [0.15, 0.2) is 0 Å². The van der Waals surface area contributed by atoms with Crippen molar-refractivity contribution in [3.63, 3.8) is 0 Å². The molecule has 1 aliphatic rings. The van der Waals surface area contributed by atoms with Crippen LogP contribution >= 0.6 is 0 Å². The third-order valence-electron chi connectivity index (χ3n) is 4.29. The molecule has 0 bridgehead atoms. The zero-order chi connectivity index (χ0) is 14.0. The summed E-state index contributed by atoms with van der Waals surface area (Å²) >= 11 is 0. The van der Waals surface area contributed by atoms with Gasteiger partial charge in [-0.05, 0) is 41.9 Å². The number of carbonyl (C=O) groups excluding carboxylic acids is 1. The van der Waals surface area contributed by atoms with Crippen LogP contribution in [0.3, 0.4) is 0 Å². The van der Waals surface area contributed by atoms with Gasteiger partial charge in [0.2, 0.25) is 0 Å². The molecule has 0 aliphatic carbocycles. The average Bonchev–Trinajstić information content (AvgIpc) is 2.58. The van der Waals surface area contributed by atoms with E-state index in [1.54, 1.807) is 0 Å². The maximum atomic E-state index is 12.0. The van der Waals surface area contributed by atoms with Crippen molar-refractivity contribution in [3.8, 4) is 0 Å². The summed E-state index contributed by atoms with van der Waals surface area (Å²) < 4.78 is 0. The molecule has 0 aromatic heterocycles. The van der Waals surface area contributed by atoms with Crippen LogP contribution in [0.1, 0.15) is 54.7 Å². The lowest BCUT2D eigenvalue weighted by molar-refractivity contribution is 0.0956. The van der Waals surface area contributed by atoms with E-state index in [1.807, 2.05) is 6.07 Å². The number of nitrogens with two attached hydrogens (primary N) is 1. The summed E-state index contributed by atoms with van der Waals surface area (Å²) in [4.78, 5) is 12.0. The second-order valence-corrected chi connectivity index (χ2v) is 5.90. The van der Waals surface area contributed by atoms with Gasteiger partial charge < -0.3 is 11.1 Å². The number of carbonyl (C=O) groups is 1. The van der Waals surface area contributed by atoms with Crippen molar-refractivity contribution in [1.82, 2.24) is 5.32 Å². The molecule has 1 heterocycles. The lowest BCUT2D eigenvalue weighted by Crippen LogP contribution is -2.25. The molecule has 1 aromatic carbocycles. The zero-order valence-electron chi connectivity index (χ0n) is 12.1. The van der Waals surface area contributed by atoms with Gasteiger partial charge in [-0.15, -0.1) is 0 Å². The highest BCUT2D eigenvalue weighted by molar-refractivity contribution is 5.96. The molecular weight excluding hydrogens is 236 g/mol. The second-order valence-electron chi connectivity index (χ2n) is 5.90. The van der Waals surface area contributed by atoms with Crippen molar-refractivity contribution >= 4 is 5.91 Å². The standard InChI is InChI=1S/C16H24N2O/c1-10(2)11(3)15(17)13-7-6-12-5-4-8-18-16(19)14(12)9-13/h6-7,9-11,15H,4-5,8,17H2,1-3H3,(H,18,19). The van der Waals surface area contributed by atoms with Crippen LogP contribution in [0.4, 0.5) is 0 Å². The SMILES string of the molecule is CC(C)C(C)C(N)c1ccc2c(c1)C(=O)NCCC2. The minimum Gasteiger partial charge on any atom is -0.352 e. The second kappa shape index (κ2) is 5.74. The highest BCUT2D eigenvalue weighted by atomic mass is 16.1. The van der Waals surface area contributed by atoms with Gasteiger partial charge in [0, 0.05) is 18.2 Å². The summed E-state index contributed by atoms with van der Waals surface area (Å²) in [5.41, 5.74) is 9.34. The quantitative estimate of drug-likeness (QED) is 0.878. The fourth-order valence-electron chi connectivity index (χ4n) is 2.53. The van der Waals surface area contributed by atoms with E-state index in [0.717, 1.165) is 36.1 Å². The summed E-state index contributed by atoms with van der Waals surface area (Å²) in [6.07, 6.45) is 1.97. The summed E-state index contributed by atoms with van der Waals surface area (Å²) in [7, 11) is 0. The van der Waals surface area contributed by atoms with E-state index < -0.39 is 0 Å². The Labute approximate surface area is 115 Å². The third-order valence-corrected chi connectivity index (χ3v) is 4.29. The Bertz CT molecular complexity index is 468. The summed E-state index contributed by atoms with van der Waals surface area (Å²) in [6, 6.07) is 6.13. The Hall–Kier alpha value is -1.35. The van der Waals surface area contributed by atoms with Crippen LogP contribution in [0.5, 0.6) is 0 Å². The van der Waals surface area contributed by atoms with Crippen LogP contribution in [0, 0.1) is 11.8 Å². The van der Waals surface area contributed by atoms with E-state index in [-0.39, 0.29) is 11.9 Å². The normalized spacial score (nSPS) is 18.5. The highest BCUT2D eigenvalue weighted by Crippen LogP contribution is 2.27. The molecule has 0 radical (unpaired) electrons. The van der Waals surface area contributed by atoms with Crippen LogP contribution in [0.15, 0.2) is 18.2 Å². The predicted octanol–water partition coefficient (Wildman–Crippen LogP) is 2.65. The van der Waals surface area contributed by atoms with Gasteiger partial charge in [-0.1, -0.05) is 32.9 Å². The molecule has 1 aromatic rings. The monoisotopic (exact) mass is 260 g/mol. The number of amides is 1. The number of rotatable bonds is 3. The van der Waals surface area contributed by atoms with Gasteiger partial charge in [0.25, 0.3) is 5.91 Å². The zero-order valence-corrected chi connectivity index (χ0v) is 12.1. The van der Waals surface area contributed by atoms with Crippen molar-refractivity contribution in [2.75, 3.05) is 6.54 Å². The Kier molecular flexibility index (Phi) is 4.25. The average molecular weight is 260 g/mol. The van der Waals surface area contributed by atoms with E-state index in [2.05, 4.69) is 38.2 Å². The smallest absolute Gasteiger partial charge is 0.251 e. The topological polar surface area (TPSA) is 55.1 Å². The fraction of sp³-hybridized carbons (Fsp3) is 0.562. The summed E-state index contributed by atoms with van der Waals surface area (Å²) in [5, 5.41) is 2.94. The van der Waals surface area contributed by atoms with Crippen molar-refractivity contribution in [3.05, 3.63) is 34.9 Å². The molecule has 2 unspecified atom stereocenters. The fourth-order valence-corrected chi connectivity index (χ4v) is 2.53. The van der Waals surface area contributed by atoms with Crippen molar-refractivity contribution in [1.29, 1.82) is 0 Å². The van der Waals surface area contributed by atoms with Gasteiger partial charge >= 0.3 is 0 Å². The molecule has 3 heteroatoms. The van der Waals surface area contributed by atoms with E-state index in [1.165, 1.54) is 0 Å². The summed E-state index contributed by atoms with van der Waals surface area (Å²) in [5.74, 6) is 0.966. The number of fused-ring (bicyclic) bond motifs is 1. The molecule has 0 spiro atoms. The molecule has 19 heavy (non-hydrogen) atoms. The minimum atomic E-state index is -0.0126. The lowest BCUT2D eigenvalue weighted by Gasteiger charge is -2.24. The largest absolute Gasteiger partial charge is 0.352 e. The maximum Gasteiger partial charge on any atom is 0.251 e. The van der Waals surface area contributed by atoms with Crippen LogP contribution in [0.25, 0.3) is 0 Å². The van der Waals surface area contributed by atoms with E-state index in [0.29, 0.717) is 11.8 Å². The Morgan fingerprint density at radius 3 is 2.68 bits per heavy atom. The van der Waals surface area contributed by atoms with Crippen LogP contribution in [0.2, 0.25) is 0 Å². The number of aryl methyl sites for hydroxylation is 1. The molecule has 0 saturated carbocycles. The Morgan fingerprint density at radius 2 is 2.00 bits per heavy atom. The highest BCUT2D eigenvalue weighted by Gasteiger charge is 2.21. The Balaban J connectivity index is 2.32. The molecule has 1 amide bonds. The maximum absolute atomic E-state index is 12.0. The minimum absolute atomic E-state index is 0.0126. The molecule has 2 atom stereocenters. The van der Waals surface area contributed by atoms with Gasteiger partial charge in [0.05, 0.1) is 0 Å². The molecule has 0 saturated heterocycles. The number of benzene rings is 1. The van der Waals surface area contributed by atoms with Crippen LogP contribution in [-0.2, 0) is 6.42 Å². The van der Waals surface area contributed by atoms with E-state index >= 15 is 0 Å². The summed E-state index contributed by atoms with van der Waals surface area (Å²) in [6.45, 7) is 7.29. The van der Waals surface area contributed by atoms with Crippen LogP contribution < -0.4 is 11.1 Å². The molecule has 3 N–H and O–H groups in total. The molecular formula is C16H24N2O.